The van der Waals surface area contributed by atoms with Crippen molar-refractivity contribution in [3.8, 4) is 5.75 Å². The van der Waals surface area contributed by atoms with Crippen LogP contribution in [0.25, 0.3) is 0 Å². The van der Waals surface area contributed by atoms with Gasteiger partial charge in [-0.05, 0) is 58.2 Å². The van der Waals surface area contributed by atoms with Gasteiger partial charge < -0.3 is 24.6 Å². The van der Waals surface area contributed by atoms with Gasteiger partial charge in [0.1, 0.15) is 5.75 Å². The lowest BCUT2D eigenvalue weighted by Gasteiger charge is -2.42. The van der Waals surface area contributed by atoms with E-state index in [-0.39, 0.29) is 6.04 Å². The van der Waals surface area contributed by atoms with Gasteiger partial charge in [-0.1, -0.05) is 23.7 Å². The fourth-order valence-corrected chi connectivity index (χ4v) is 3.26. The summed E-state index contributed by atoms with van der Waals surface area (Å²) in [6, 6.07) is 14.4. The zero-order valence-electron chi connectivity index (χ0n) is 20.3. The minimum Gasteiger partial charge on any atom is -0.497 e. The highest BCUT2D eigenvalue weighted by Gasteiger charge is 2.42. The van der Waals surface area contributed by atoms with Gasteiger partial charge in [-0.2, -0.15) is 0 Å². The number of carbonyl (C=O) groups is 1. The quantitative estimate of drug-likeness (QED) is 0.292. The summed E-state index contributed by atoms with van der Waals surface area (Å²) in [5.41, 5.74) is 0.0756. The molecule has 0 aliphatic carbocycles. The Morgan fingerprint density at radius 3 is 2.45 bits per heavy atom. The van der Waals surface area contributed by atoms with E-state index in [0.717, 1.165) is 16.9 Å². The van der Waals surface area contributed by atoms with Crippen molar-refractivity contribution in [2.45, 2.75) is 51.4 Å². The standard InChI is InChI=1S/C25H34BN2O5/c1-7-27-21(17-28-20-9-8-10-22(15-20)31-5)16-25(4,24(2,3)30)33-26-19-13-11-18(12-14-19)23(29)32-6/h7-15,21,28,30H,16-17H2,1-6H3. The number of aliphatic hydroxyl groups is 1. The average Bonchev–Trinajstić information content (AvgIpc) is 2.80. The number of anilines is 1. The van der Waals surface area contributed by atoms with E-state index in [2.05, 4.69) is 10.3 Å². The van der Waals surface area contributed by atoms with Gasteiger partial charge >= 0.3 is 13.5 Å². The zero-order valence-corrected chi connectivity index (χ0v) is 20.3. The van der Waals surface area contributed by atoms with Crippen molar-refractivity contribution in [1.82, 2.24) is 0 Å². The number of methoxy groups -OCH3 is 2. The van der Waals surface area contributed by atoms with Gasteiger partial charge in [0, 0.05) is 24.7 Å². The van der Waals surface area contributed by atoms with Crippen LogP contribution in [0.1, 0.15) is 44.5 Å². The van der Waals surface area contributed by atoms with E-state index in [0.29, 0.717) is 18.5 Å². The van der Waals surface area contributed by atoms with Crippen LogP contribution in [0.4, 0.5) is 5.69 Å². The van der Waals surface area contributed by atoms with Crippen molar-refractivity contribution in [3.63, 3.8) is 0 Å². The number of benzene rings is 2. The largest absolute Gasteiger partial charge is 0.497 e. The van der Waals surface area contributed by atoms with E-state index < -0.39 is 17.2 Å². The van der Waals surface area contributed by atoms with E-state index in [1.54, 1.807) is 58.9 Å². The lowest BCUT2D eigenvalue weighted by molar-refractivity contribution is -0.107. The zero-order chi connectivity index (χ0) is 24.5. The van der Waals surface area contributed by atoms with Crippen molar-refractivity contribution in [2.24, 2.45) is 4.99 Å². The Labute approximate surface area is 197 Å². The van der Waals surface area contributed by atoms with Crippen LogP contribution in [-0.2, 0) is 9.39 Å². The normalized spacial score (nSPS) is 14.4. The minimum absolute atomic E-state index is 0.146. The van der Waals surface area contributed by atoms with Crippen molar-refractivity contribution in [3.05, 3.63) is 54.1 Å². The topological polar surface area (TPSA) is 89.4 Å². The molecule has 0 bridgehead atoms. The predicted octanol–water partition coefficient (Wildman–Crippen LogP) is 3.23. The van der Waals surface area contributed by atoms with Crippen LogP contribution >= 0.6 is 0 Å². The fourth-order valence-electron chi connectivity index (χ4n) is 3.26. The number of nitrogens with one attached hydrogen (secondary N) is 1. The molecule has 0 saturated heterocycles. The molecule has 0 aromatic heterocycles. The lowest BCUT2D eigenvalue weighted by atomic mass is 9.78. The number of rotatable bonds is 12. The molecule has 0 amide bonds. The molecule has 2 aromatic rings. The molecule has 8 heteroatoms. The van der Waals surface area contributed by atoms with Gasteiger partial charge in [-0.25, -0.2) is 4.79 Å². The molecule has 0 spiro atoms. The fraction of sp³-hybridized carbons (Fsp3) is 0.440. The number of aliphatic imine (C=N–C) groups is 1. The van der Waals surface area contributed by atoms with Crippen LogP contribution in [0.3, 0.4) is 0 Å². The highest BCUT2D eigenvalue weighted by atomic mass is 16.5. The molecule has 0 heterocycles. The van der Waals surface area contributed by atoms with Gasteiger partial charge in [0.05, 0.1) is 37.0 Å². The van der Waals surface area contributed by atoms with Crippen LogP contribution in [0, 0.1) is 0 Å². The molecule has 33 heavy (non-hydrogen) atoms. The minimum atomic E-state index is -1.15. The summed E-state index contributed by atoms with van der Waals surface area (Å²) in [6.45, 7) is 7.75. The Morgan fingerprint density at radius 2 is 1.88 bits per heavy atom. The summed E-state index contributed by atoms with van der Waals surface area (Å²) >= 11 is 0. The molecule has 7 nitrogen and oxygen atoms in total. The van der Waals surface area contributed by atoms with Crippen molar-refractivity contribution in [2.75, 3.05) is 26.1 Å². The first-order chi connectivity index (χ1) is 15.6. The maximum absolute atomic E-state index is 11.6. The number of carbonyl (C=O) groups excluding carboxylic acids is 1. The molecule has 2 aromatic carbocycles. The first-order valence-electron chi connectivity index (χ1n) is 10.9. The highest BCUT2D eigenvalue weighted by Crippen LogP contribution is 2.31. The van der Waals surface area contributed by atoms with Crippen LogP contribution in [0.5, 0.6) is 5.75 Å². The summed E-state index contributed by atoms with van der Waals surface area (Å²) in [4.78, 5) is 16.2. The molecule has 0 aliphatic heterocycles. The summed E-state index contributed by atoms with van der Waals surface area (Å²) in [7, 11) is 4.58. The molecule has 0 saturated carbocycles. The molecule has 2 N–H and O–H groups in total. The Kier molecular flexibility index (Phi) is 9.50. The third-order valence-electron chi connectivity index (χ3n) is 5.68. The summed E-state index contributed by atoms with van der Waals surface area (Å²) < 4.78 is 16.2. The average molecular weight is 453 g/mol. The second kappa shape index (κ2) is 11.9. The van der Waals surface area contributed by atoms with Crippen LogP contribution in [-0.4, -0.2) is 62.8 Å². The summed E-state index contributed by atoms with van der Waals surface area (Å²) in [5, 5.41) is 14.3. The summed E-state index contributed by atoms with van der Waals surface area (Å²) in [6.07, 6.45) is 2.23. The van der Waals surface area contributed by atoms with Crippen LogP contribution < -0.4 is 15.5 Å². The van der Waals surface area contributed by atoms with E-state index in [4.69, 9.17) is 14.1 Å². The van der Waals surface area contributed by atoms with Crippen LogP contribution in [0.2, 0.25) is 0 Å². The molecule has 0 fully saturated rings. The second-order valence-electron chi connectivity index (χ2n) is 8.52. The molecule has 2 rings (SSSR count). The molecule has 2 unspecified atom stereocenters. The molecule has 177 valence electrons. The van der Waals surface area contributed by atoms with E-state index in [1.165, 1.54) is 7.11 Å². The Hall–Kier alpha value is -2.84. The first kappa shape index (κ1) is 26.4. The van der Waals surface area contributed by atoms with E-state index in [1.807, 2.05) is 38.1 Å². The Morgan fingerprint density at radius 1 is 1.18 bits per heavy atom. The third-order valence-corrected chi connectivity index (χ3v) is 5.68. The number of hydrogen-bond acceptors (Lipinski definition) is 7. The number of esters is 1. The maximum Gasteiger partial charge on any atom is 0.337 e. The SMILES string of the molecule is CC=NC(CNc1cccc(OC)c1)CC(C)(O[B]c1ccc(C(=O)OC)cc1)C(C)(C)O. The van der Waals surface area contributed by atoms with Crippen molar-refractivity contribution >= 4 is 30.8 Å². The third kappa shape index (κ3) is 7.61. The van der Waals surface area contributed by atoms with Crippen molar-refractivity contribution < 1.29 is 24.0 Å². The molecule has 2 atom stereocenters. The number of hydrogen-bond donors (Lipinski definition) is 2. The Bertz CT molecular complexity index is 927. The predicted molar refractivity (Wildman–Crippen MR) is 133 cm³/mol. The lowest BCUT2D eigenvalue weighted by Crippen LogP contribution is -2.53. The molecular weight excluding hydrogens is 419 g/mol. The van der Waals surface area contributed by atoms with Gasteiger partial charge in [0.15, 0.2) is 0 Å². The molecule has 1 radical (unpaired) electrons. The van der Waals surface area contributed by atoms with E-state index >= 15 is 0 Å². The monoisotopic (exact) mass is 453 g/mol. The van der Waals surface area contributed by atoms with E-state index in [9.17, 15) is 9.90 Å². The maximum atomic E-state index is 11.6. The second-order valence-corrected chi connectivity index (χ2v) is 8.52. The summed E-state index contributed by atoms with van der Waals surface area (Å²) in [5.74, 6) is 0.376. The highest BCUT2D eigenvalue weighted by molar-refractivity contribution is 6.47. The number of nitrogens with zero attached hydrogens (tertiary/aromatic N) is 1. The van der Waals surface area contributed by atoms with Gasteiger partial charge in [0.2, 0.25) is 0 Å². The van der Waals surface area contributed by atoms with Crippen LogP contribution in [0.15, 0.2) is 53.5 Å². The molecular formula is C25H34BN2O5. The smallest absolute Gasteiger partial charge is 0.337 e. The number of ether oxygens (including phenoxy) is 2. The molecule has 0 aliphatic rings. The first-order valence-corrected chi connectivity index (χ1v) is 10.9. The van der Waals surface area contributed by atoms with Crippen molar-refractivity contribution in [1.29, 1.82) is 0 Å². The van der Waals surface area contributed by atoms with Gasteiger partial charge in [-0.3, -0.25) is 4.99 Å². The van der Waals surface area contributed by atoms with Gasteiger partial charge in [0.25, 0.3) is 0 Å². The Balaban J connectivity index is 2.10. The van der Waals surface area contributed by atoms with Gasteiger partial charge in [-0.15, -0.1) is 0 Å².